The normalized spacial score (nSPS) is 15.0. The third-order valence-electron chi connectivity index (χ3n) is 3.86. The summed E-state index contributed by atoms with van der Waals surface area (Å²) in [5, 5.41) is 21.7. The zero-order valence-corrected chi connectivity index (χ0v) is 14.1. The third kappa shape index (κ3) is 3.67. The molecule has 7 nitrogen and oxygen atoms in total. The lowest BCUT2D eigenvalue weighted by Gasteiger charge is -2.12. The van der Waals surface area contributed by atoms with Crippen LogP contribution in [-0.4, -0.2) is 25.8 Å². The fraction of sp³-hybridized carbons (Fsp3) is 0. The average Bonchev–Trinajstić information content (AvgIpc) is 2.69. The number of aromatic nitrogens is 3. The van der Waals surface area contributed by atoms with Crippen LogP contribution in [0.25, 0.3) is 10.9 Å². The van der Waals surface area contributed by atoms with Gasteiger partial charge in [0.1, 0.15) is 5.76 Å². The van der Waals surface area contributed by atoms with E-state index in [0.717, 1.165) is 5.69 Å². The molecule has 0 saturated heterocycles. The Morgan fingerprint density at radius 2 is 1.93 bits per heavy atom. The number of hydrogen-bond acceptors (Lipinski definition) is 7. The van der Waals surface area contributed by atoms with Gasteiger partial charge in [0.05, 0.1) is 22.8 Å². The Labute approximate surface area is 154 Å². The van der Waals surface area contributed by atoms with E-state index in [9.17, 15) is 5.11 Å². The number of benzene rings is 1. The zero-order chi connectivity index (χ0) is 18.6. The summed E-state index contributed by atoms with van der Waals surface area (Å²) < 4.78 is 5.67. The highest BCUT2D eigenvalue weighted by atomic mass is 16.5. The fourth-order valence-corrected chi connectivity index (χ4v) is 2.51. The average molecular weight is 357 g/mol. The lowest BCUT2D eigenvalue weighted by Crippen LogP contribution is -2.07. The summed E-state index contributed by atoms with van der Waals surface area (Å²) in [6.07, 6.45) is 9.78. The second-order valence-corrected chi connectivity index (χ2v) is 5.73. The van der Waals surface area contributed by atoms with Gasteiger partial charge in [0.15, 0.2) is 0 Å². The minimum absolute atomic E-state index is 0.00713. The van der Waals surface area contributed by atoms with Gasteiger partial charge in [-0.05, 0) is 36.4 Å². The number of pyridine rings is 1. The first-order valence-electron chi connectivity index (χ1n) is 8.18. The Kier molecular flexibility index (Phi) is 4.32. The summed E-state index contributed by atoms with van der Waals surface area (Å²) in [6.45, 7) is 0. The van der Waals surface area contributed by atoms with Gasteiger partial charge in [0.25, 0.3) is 0 Å². The van der Waals surface area contributed by atoms with E-state index in [1.807, 2.05) is 30.3 Å². The van der Waals surface area contributed by atoms with Crippen LogP contribution in [0.2, 0.25) is 0 Å². The fourth-order valence-electron chi connectivity index (χ4n) is 2.51. The Bertz CT molecular complexity index is 1100. The van der Waals surface area contributed by atoms with Crippen LogP contribution in [0.4, 0.5) is 5.69 Å². The largest absolute Gasteiger partial charge is 0.493 e. The van der Waals surface area contributed by atoms with Gasteiger partial charge in [-0.15, -0.1) is 0 Å². The SMILES string of the molecule is N=C1C=CC(Oc2nc(O)c3ccncc3n2)=C/C1=C/Nc1ccccc1. The number of anilines is 1. The number of ether oxygens (including phenoxy) is 1. The van der Waals surface area contributed by atoms with Crippen molar-refractivity contribution in [1.29, 1.82) is 5.41 Å². The van der Waals surface area contributed by atoms with Crippen LogP contribution in [0.15, 0.2) is 84.6 Å². The molecule has 2 heterocycles. The molecule has 0 unspecified atom stereocenters. The Morgan fingerprint density at radius 3 is 2.78 bits per heavy atom. The van der Waals surface area contributed by atoms with E-state index >= 15 is 0 Å². The molecule has 0 atom stereocenters. The predicted octanol–water partition coefficient (Wildman–Crippen LogP) is 3.58. The minimum Gasteiger partial charge on any atom is -0.493 e. The molecule has 3 aromatic rings. The van der Waals surface area contributed by atoms with Crippen LogP contribution < -0.4 is 10.1 Å². The maximum absolute atomic E-state index is 10.0. The molecule has 0 bridgehead atoms. The highest BCUT2D eigenvalue weighted by molar-refractivity contribution is 6.09. The van der Waals surface area contributed by atoms with Crippen molar-refractivity contribution in [3.05, 3.63) is 84.6 Å². The van der Waals surface area contributed by atoms with Crippen molar-refractivity contribution in [3.63, 3.8) is 0 Å². The van der Waals surface area contributed by atoms with Crippen LogP contribution in [0, 0.1) is 5.41 Å². The summed E-state index contributed by atoms with van der Waals surface area (Å²) in [5.74, 6) is 0.279. The number of hydrogen-bond donors (Lipinski definition) is 3. The van der Waals surface area contributed by atoms with Crippen LogP contribution in [0.1, 0.15) is 0 Å². The number of aromatic hydroxyl groups is 1. The molecule has 0 radical (unpaired) electrons. The quantitative estimate of drug-likeness (QED) is 0.659. The van der Waals surface area contributed by atoms with Crippen molar-refractivity contribution in [3.8, 4) is 11.9 Å². The molecule has 27 heavy (non-hydrogen) atoms. The predicted molar refractivity (Wildman–Crippen MR) is 103 cm³/mol. The van der Waals surface area contributed by atoms with Crippen molar-refractivity contribution in [1.82, 2.24) is 15.0 Å². The summed E-state index contributed by atoms with van der Waals surface area (Å²) in [4.78, 5) is 12.2. The van der Waals surface area contributed by atoms with Gasteiger partial charge in [-0.2, -0.15) is 9.97 Å². The molecule has 0 spiro atoms. The van der Waals surface area contributed by atoms with E-state index in [1.165, 1.54) is 6.20 Å². The lowest BCUT2D eigenvalue weighted by atomic mass is 10.1. The monoisotopic (exact) mass is 357 g/mol. The lowest BCUT2D eigenvalue weighted by molar-refractivity contribution is 0.389. The van der Waals surface area contributed by atoms with E-state index in [-0.39, 0.29) is 11.9 Å². The summed E-state index contributed by atoms with van der Waals surface area (Å²) in [6, 6.07) is 11.3. The molecule has 0 amide bonds. The number of rotatable bonds is 4. The van der Waals surface area contributed by atoms with E-state index in [4.69, 9.17) is 10.1 Å². The maximum atomic E-state index is 10.0. The number of fused-ring (bicyclic) bond motifs is 1. The van der Waals surface area contributed by atoms with Gasteiger partial charge in [-0.3, -0.25) is 4.98 Å². The molecule has 4 rings (SSSR count). The van der Waals surface area contributed by atoms with Crippen molar-refractivity contribution in [2.45, 2.75) is 0 Å². The standard InChI is InChI=1S/C20H15N5O2/c21-17-7-6-15(10-13(17)11-23-14-4-2-1-3-5-14)27-20-24-18-12-22-9-8-16(18)19(26)25-20/h1-12,21,23H,(H,24,25,26)/b13-11-,21-17?. The van der Waals surface area contributed by atoms with Crippen LogP contribution in [0.5, 0.6) is 11.9 Å². The number of nitrogens with one attached hydrogen (secondary N) is 2. The van der Waals surface area contributed by atoms with Crippen molar-refractivity contribution >= 4 is 22.3 Å². The van der Waals surface area contributed by atoms with Gasteiger partial charge < -0.3 is 20.6 Å². The van der Waals surface area contributed by atoms with E-state index in [0.29, 0.717) is 27.9 Å². The molecule has 1 aliphatic rings. The van der Waals surface area contributed by atoms with Gasteiger partial charge in [-0.1, -0.05) is 18.2 Å². The highest BCUT2D eigenvalue weighted by Crippen LogP contribution is 2.24. The molecule has 1 aromatic carbocycles. The second-order valence-electron chi connectivity index (χ2n) is 5.73. The number of allylic oxidation sites excluding steroid dienone is 4. The molecule has 0 fully saturated rings. The number of nitrogens with zero attached hydrogens (tertiary/aromatic N) is 3. The van der Waals surface area contributed by atoms with E-state index in [1.54, 1.807) is 36.7 Å². The van der Waals surface area contributed by atoms with Crippen molar-refractivity contribution in [2.75, 3.05) is 5.32 Å². The molecule has 132 valence electrons. The highest BCUT2D eigenvalue weighted by Gasteiger charge is 2.12. The maximum Gasteiger partial charge on any atom is 0.325 e. The third-order valence-corrected chi connectivity index (χ3v) is 3.86. The minimum atomic E-state index is -0.174. The van der Waals surface area contributed by atoms with Crippen LogP contribution >= 0.6 is 0 Å². The van der Waals surface area contributed by atoms with Crippen molar-refractivity contribution < 1.29 is 9.84 Å². The molecular formula is C20H15N5O2. The van der Waals surface area contributed by atoms with Crippen molar-refractivity contribution in [2.24, 2.45) is 0 Å². The molecule has 0 aliphatic heterocycles. The Morgan fingerprint density at radius 1 is 1.07 bits per heavy atom. The van der Waals surface area contributed by atoms with Gasteiger partial charge in [-0.25, -0.2) is 0 Å². The molecule has 0 saturated carbocycles. The van der Waals surface area contributed by atoms with Crippen LogP contribution in [0.3, 0.4) is 0 Å². The van der Waals surface area contributed by atoms with Gasteiger partial charge in [0, 0.05) is 23.7 Å². The number of para-hydroxylation sites is 1. The summed E-state index contributed by atoms with van der Waals surface area (Å²) in [7, 11) is 0. The molecule has 2 aromatic heterocycles. The molecule has 1 aliphatic carbocycles. The smallest absolute Gasteiger partial charge is 0.325 e. The molecule has 3 N–H and O–H groups in total. The van der Waals surface area contributed by atoms with E-state index in [2.05, 4.69) is 20.3 Å². The van der Waals surface area contributed by atoms with E-state index < -0.39 is 0 Å². The Hall–Kier alpha value is -4.00. The topological polar surface area (TPSA) is 104 Å². The second kappa shape index (κ2) is 7.09. The molecule has 7 heteroatoms. The first-order chi connectivity index (χ1) is 13.2. The van der Waals surface area contributed by atoms with Gasteiger partial charge in [0.2, 0.25) is 5.88 Å². The molecular weight excluding hydrogens is 342 g/mol. The first-order valence-corrected chi connectivity index (χ1v) is 8.18. The first kappa shape index (κ1) is 16.5. The Balaban J connectivity index is 1.58. The van der Waals surface area contributed by atoms with Gasteiger partial charge >= 0.3 is 6.01 Å². The van der Waals surface area contributed by atoms with Crippen LogP contribution in [-0.2, 0) is 0 Å². The summed E-state index contributed by atoms with van der Waals surface area (Å²) in [5.41, 5.74) is 2.38. The zero-order valence-electron chi connectivity index (χ0n) is 14.1. The summed E-state index contributed by atoms with van der Waals surface area (Å²) >= 11 is 0.